The molecule has 0 aliphatic rings. The zero-order chi connectivity index (χ0) is 14.4. The van der Waals surface area contributed by atoms with Crippen LogP contribution in [-0.4, -0.2) is 22.6 Å². The molecule has 2 rings (SSSR count). The van der Waals surface area contributed by atoms with Crippen LogP contribution in [0.15, 0.2) is 36.5 Å². The number of rotatable bonds is 5. The van der Waals surface area contributed by atoms with Crippen LogP contribution in [-0.2, 0) is 11.2 Å². The molecule has 1 aromatic heterocycles. The van der Waals surface area contributed by atoms with Crippen LogP contribution in [0.4, 0.5) is 5.69 Å². The van der Waals surface area contributed by atoms with Gasteiger partial charge in [-0.25, -0.2) is 4.98 Å². The van der Waals surface area contributed by atoms with E-state index < -0.39 is 0 Å². The SMILES string of the molecule is Cc1ncc(C=CC(=O)Nc2ccc(CCO)cc2)s1. The maximum absolute atomic E-state index is 11.7. The second-order valence-electron chi connectivity index (χ2n) is 4.27. The minimum Gasteiger partial charge on any atom is -0.396 e. The molecule has 0 bridgehead atoms. The Morgan fingerprint density at radius 3 is 2.75 bits per heavy atom. The van der Waals surface area contributed by atoms with Crippen LogP contribution in [0.3, 0.4) is 0 Å². The molecule has 0 radical (unpaired) electrons. The number of aromatic nitrogens is 1. The third kappa shape index (κ3) is 4.29. The highest BCUT2D eigenvalue weighted by atomic mass is 32.1. The Kier molecular flexibility index (Phi) is 5.03. The van der Waals surface area contributed by atoms with Crippen molar-refractivity contribution in [3.8, 4) is 0 Å². The number of carbonyl (C=O) groups excluding carboxylic acids is 1. The Hall–Kier alpha value is -1.98. The summed E-state index contributed by atoms with van der Waals surface area (Å²) in [6.07, 6.45) is 5.61. The third-order valence-corrected chi connectivity index (χ3v) is 3.54. The zero-order valence-corrected chi connectivity index (χ0v) is 12.0. The average Bonchev–Trinajstić information content (AvgIpc) is 2.85. The minimum atomic E-state index is -0.175. The van der Waals surface area contributed by atoms with E-state index in [4.69, 9.17) is 5.11 Å². The van der Waals surface area contributed by atoms with E-state index in [-0.39, 0.29) is 12.5 Å². The predicted molar refractivity (Wildman–Crippen MR) is 81.7 cm³/mol. The summed E-state index contributed by atoms with van der Waals surface area (Å²) >= 11 is 1.54. The highest BCUT2D eigenvalue weighted by Crippen LogP contribution is 2.14. The van der Waals surface area contributed by atoms with E-state index in [9.17, 15) is 4.79 Å². The molecule has 2 aromatic rings. The molecular weight excluding hydrogens is 272 g/mol. The molecule has 0 saturated heterocycles. The lowest BCUT2D eigenvalue weighted by Crippen LogP contribution is -2.07. The van der Waals surface area contributed by atoms with Crippen LogP contribution in [0.25, 0.3) is 6.08 Å². The first-order valence-corrected chi connectivity index (χ1v) is 7.10. The van der Waals surface area contributed by atoms with Crippen molar-refractivity contribution in [1.82, 2.24) is 4.98 Å². The van der Waals surface area contributed by atoms with Crippen LogP contribution in [0.5, 0.6) is 0 Å². The van der Waals surface area contributed by atoms with Gasteiger partial charge in [0, 0.05) is 29.4 Å². The zero-order valence-electron chi connectivity index (χ0n) is 11.2. The molecule has 0 atom stereocenters. The maximum atomic E-state index is 11.7. The fourth-order valence-electron chi connectivity index (χ4n) is 1.68. The van der Waals surface area contributed by atoms with Crippen molar-refractivity contribution in [2.75, 3.05) is 11.9 Å². The highest BCUT2D eigenvalue weighted by Gasteiger charge is 1.99. The van der Waals surface area contributed by atoms with Crippen molar-refractivity contribution in [2.45, 2.75) is 13.3 Å². The summed E-state index contributed by atoms with van der Waals surface area (Å²) in [6.45, 7) is 2.05. The first-order chi connectivity index (χ1) is 9.67. The van der Waals surface area contributed by atoms with Crippen molar-refractivity contribution in [3.63, 3.8) is 0 Å². The van der Waals surface area contributed by atoms with E-state index in [0.29, 0.717) is 6.42 Å². The lowest BCUT2D eigenvalue weighted by Gasteiger charge is -2.03. The molecule has 0 saturated carbocycles. The summed E-state index contributed by atoms with van der Waals surface area (Å²) in [4.78, 5) is 16.8. The lowest BCUT2D eigenvalue weighted by molar-refractivity contribution is -0.111. The van der Waals surface area contributed by atoms with Gasteiger partial charge in [-0.3, -0.25) is 4.79 Å². The Morgan fingerprint density at radius 2 is 2.15 bits per heavy atom. The van der Waals surface area contributed by atoms with Gasteiger partial charge in [0.1, 0.15) is 0 Å². The van der Waals surface area contributed by atoms with Gasteiger partial charge in [-0.15, -0.1) is 11.3 Å². The number of hydrogen-bond donors (Lipinski definition) is 2. The summed E-state index contributed by atoms with van der Waals surface area (Å²) in [7, 11) is 0. The molecule has 5 heteroatoms. The number of aryl methyl sites for hydroxylation is 1. The summed E-state index contributed by atoms with van der Waals surface area (Å²) in [5.41, 5.74) is 1.78. The quantitative estimate of drug-likeness (QED) is 0.831. The third-order valence-electron chi connectivity index (χ3n) is 2.66. The molecule has 2 N–H and O–H groups in total. The van der Waals surface area contributed by atoms with Gasteiger partial charge >= 0.3 is 0 Å². The number of anilines is 1. The van der Waals surface area contributed by atoms with Crippen molar-refractivity contribution < 1.29 is 9.90 Å². The minimum absolute atomic E-state index is 0.128. The molecule has 0 spiro atoms. The van der Waals surface area contributed by atoms with Gasteiger partial charge in [0.05, 0.1) is 5.01 Å². The molecule has 104 valence electrons. The molecule has 0 aliphatic heterocycles. The molecule has 1 aromatic carbocycles. The van der Waals surface area contributed by atoms with E-state index in [0.717, 1.165) is 21.1 Å². The van der Waals surface area contributed by atoms with Crippen molar-refractivity contribution in [3.05, 3.63) is 52.0 Å². The largest absolute Gasteiger partial charge is 0.396 e. The molecule has 4 nitrogen and oxygen atoms in total. The fourth-order valence-corrected chi connectivity index (χ4v) is 2.37. The molecule has 20 heavy (non-hydrogen) atoms. The topological polar surface area (TPSA) is 62.2 Å². The Balaban J connectivity index is 1.92. The number of thiazole rings is 1. The number of carbonyl (C=O) groups is 1. The smallest absolute Gasteiger partial charge is 0.248 e. The summed E-state index contributed by atoms with van der Waals surface area (Å²) in [6, 6.07) is 7.44. The van der Waals surface area contributed by atoms with Gasteiger partial charge in [0.15, 0.2) is 0 Å². The van der Waals surface area contributed by atoms with Gasteiger partial charge < -0.3 is 10.4 Å². The Labute approximate surface area is 121 Å². The van der Waals surface area contributed by atoms with Gasteiger partial charge in [0.25, 0.3) is 0 Å². The first-order valence-electron chi connectivity index (χ1n) is 6.28. The second kappa shape index (κ2) is 6.98. The van der Waals surface area contributed by atoms with Crippen LogP contribution in [0, 0.1) is 6.92 Å². The summed E-state index contributed by atoms with van der Waals surface area (Å²) in [5.74, 6) is -0.175. The second-order valence-corrected chi connectivity index (χ2v) is 5.54. The number of hydrogen-bond acceptors (Lipinski definition) is 4. The number of nitrogens with one attached hydrogen (secondary N) is 1. The molecule has 0 fully saturated rings. The molecule has 1 amide bonds. The summed E-state index contributed by atoms with van der Waals surface area (Å²) < 4.78 is 0. The van der Waals surface area contributed by atoms with Crippen LogP contribution in [0.2, 0.25) is 0 Å². The molecule has 1 heterocycles. The predicted octanol–water partition coefficient (Wildman–Crippen LogP) is 2.64. The van der Waals surface area contributed by atoms with Gasteiger partial charge in [-0.1, -0.05) is 12.1 Å². The number of amides is 1. The van der Waals surface area contributed by atoms with Crippen LogP contribution >= 0.6 is 11.3 Å². The Morgan fingerprint density at radius 1 is 1.40 bits per heavy atom. The number of benzene rings is 1. The normalized spacial score (nSPS) is 10.9. The number of aliphatic hydroxyl groups is 1. The van der Waals surface area contributed by atoms with E-state index in [2.05, 4.69) is 10.3 Å². The van der Waals surface area contributed by atoms with E-state index in [1.165, 1.54) is 6.08 Å². The van der Waals surface area contributed by atoms with E-state index >= 15 is 0 Å². The van der Waals surface area contributed by atoms with Gasteiger partial charge in [-0.2, -0.15) is 0 Å². The molecule has 0 unspecified atom stereocenters. The summed E-state index contributed by atoms with van der Waals surface area (Å²) in [5, 5.41) is 12.6. The van der Waals surface area contributed by atoms with E-state index in [1.807, 2.05) is 31.2 Å². The van der Waals surface area contributed by atoms with Crippen LogP contribution < -0.4 is 5.32 Å². The van der Waals surface area contributed by atoms with Crippen molar-refractivity contribution in [2.24, 2.45) is 0 Å². The van der Waals surface area contributed by atoms with Crippen molar-refractivity contribution >= 4 is 29.0 Å². The average molecular weight is 288 g/mol. The van der Waals surface area contributed by atoms with Gasteiger partial charge in [-0.05, 0) is 37.1 Å². The lowest BCUT2D eigenvalue weighted by atomic mass is 10.1. The number of aliphatic hydroxyl groups excluding tert-OH is 1. The molecular formula is C15H16N2O2S. The standard InChI is InChI=1S/C15H16N2O2S/c1-11-16-10-14(20-11)6-7-15(19)17-13-4-2-12(3-5-13)8-9-18/h2-7,10,18H,8-9H2,1H3,(H,17,19). The number of nitrogens with zero attached hydrogens (tertiary/aromatic N) is 1. The Bertz CT molecular complexity index is 603. The molecule has 0 aliphatic carbocycles. The van der Waals surface area contributed by atoms with E-state index in [1.54, 1.807) is 23.6 Å². The first kappa shape index (κ1) is 14.4. The van der Waals surface area contributed by atoms with Crippen molar-refractivity contribution in [1.29, 1.82) is 0 Å². The maximum Gasteiger partial charge on any atom is 0.248 e. The highest BCUT2D eigenvalue weighted by molar-refractivity contribution is 7.12. The monoisotopic (exact) mass is 288 g/mol. The van der Waals surface area contributed by atoms with Crippen LogP contribution in [0.1, 0.15) is 15.4 Å². The van der Waals surface area contributed by atoms with Gasteiger partial charge in [0.2, 0.25) is 5.91 Å². The fraction of sp³-hybridized carbons (Fsp3) is 0.200.